The van der Waals surface area contributed by atoms with Gasteiger partial charge in [-0.05, 0) is 60.7 Å². The highest BCUT2D eigenvalue weighted by Gasteiger charge is 1.98. The van der Waals surface area contributed by atoms with Crippen LogP contribution >= 0.6 is 0 Å². The van der Waals surface area contributed by atoms with Gasteiger partial charge in [-0.25, -0.2) is 4.98 Å². The second-order valence-electron chi connectivity index (χ2n) is 5.61. The van der Waals surface area contributed by atoms with Gasteiger partial charge in [-0.1, -0.05) is 30.3 Å². The summed E-state index contributed by atoms with van der Waals surface area (Å²) in [5.74, 6) is 0. The fourth-order valence-corrected chi connectivity index (χ4v) is 2.53. The van der Waals surface area contributed by atoms with Gasteiger partial charge >= 0.3 is 0 Å². The molecule has 1 aromatic heterocycles. The zero-order valence-corrected chi connectivity index (χ0v) is 14.7. The third-order valence-corrected chi connectivity index (χ3v) is 3.93. The van der Waals surface area contributed by atoms with Crippen molar-refractivity contribution in [3.8, 4) is 5.69 Å². The molecule has 26 heavy (non-hydrogen) atoms. The Labute approximate surface area is 153 Å². The Hall–Kier alpha value is -3.53. The molecule has 0 N–H and O–H groups in total. The van der Waals surface area contributed by atoms with Crippen LogP contribution < -0.4 is 0 Å². The number of rotatable bonds is 6. The predicted octanol–water partition coefficient (Wildman–Crippen LogP) is 5.24. The minimum absolute atomic E-state index is 0.911. The molecule has 0 unspecified atom stereocenters. The van der Waals surface area contributed by atoms with E-state index in [4.69, 9.17) is 0 Å². The third kappa shape index (κ3) is 4.30. The van der Waals surface area contributed by atoms with E-state index in [9.17, 15) is 0 Å². The topological polar surface area (TPSA) is 42.5 Å². The normalized spacial score (nSPS) is 12.1. The third-order valence-electron chi connectivity index (χ3n) is 3.93. The van der Waals surface area contributed by atoms with Gasteiger partial charge in [-0.2, -0.15) is 0 Å². The minimum atomic E-state index is 0.911. The molecule has 0 amide bonds. The van der Waals surface area contributed by atoms with Crippen LogP contribution in [0.1, 0.15) is 18.1 Å². The summed E-state index contributed by atoms with van der Waals surface area (Å²) in [5.41, 5.74) is 5.25. The maximum absolute atomic E-state index is 4.55. The zero-order chi connectivity index (χ0) is 18.2. The van der Waals surface area contributed by atoms with E-state index in [1.54, 1.807) is 18.7 Å². The summed E-state index contributed by atoms with van der Waals surface area (Å²) in [6.07, 6.45) is 13.0. The largest absolute Gasteiger partial charge is 0.306 e. The van der Waals surface area contributed by atoms with Gasteiger partial charge in [0.05, 0.1) is 12.0 Å². The maximum Gasteiger partial charge on any atom is 0.0991 e. The van der Waals surface area contributed by atoms with Crippen molar-refractivity contribution in [2.24, 2.45) is 9.98 Å². The summed E-state index contributed by atoms with van der Waals surface area (Å²) in [5, 5.41) is 0. The molecule has 0 saturated carbocycles. The van der Waals surface area contributed by atoms with Crippen LogP contribution in [0.4, 0.5) is 5.69 Å². The molecular formula is C22H20N4. The quantitative estimate of drug-likeness (QED) is 0.447. The molecule has 0 fully saturated rings. The first-order valence-corrected chi connectivity index (χ1v) is 8.32. The molecule has 0 aliphatic carbocycles. The molecule has 0 saturated heterocycles. The van der Waals surface area contributed by atoms with Crippen LogP contribution in [0.15, 0.2) is 95.6 Å². The van der Waals surface area contributed by atoms with Gasteiger partial charge in [0.1, 0.15) is 0 Å². The first-order chi connectivity index (χ1) is 12.8. The average Bonchev–Trinajstić information content (AvgIpc) is 3.23. The maximum atomic E-state index is 4.55. The van der Waals surface area contributed by atoms with Crippen molar-refractivity contribution in [3.63, 3.8) is 0 Å². The average molecular weight is 340 g/mol. The predicted molar refractivity (Wildman–Crippen MR) is 110 cm³/mol. The molecule has 0 bridgehead atoms. The summed E-state index contributed by atoms with van der Waals surface area (Å²) in [7, 11) is 0. The van der Waals surface area contributed by atoms with Crippen molar-refractivity contribution in [1.82, 2.24) is 9.55 Å². The van der Waals surface area contributed by atoms with Crippen LogP contribution in [0.5, 0.6) is 0 Å². The lowest BCUT2D eigenvalue weighted by molar-refractivity contribution is 1.06. The Kier molecular flexibility index (Phi) is 5.68. The second kappa shape index (κ2) is 8.53. The van der Waals surface area contributed by atoms with E-state index in [-0.39, 0.29) is 0 Å². The van der Waals surface area contributed by atoms with Crippen molar-refractivity contribution < 1.29 is 0 Å². The molecule has 128 valence electrons. The van der Waals surface area contributed by atoms with E-state index >= 15 is 0 Å². The van der Waals surface area contributed by atoms with Crippen molar-refractivity contribution >= 4 is 24.2 Å². The summed E-state index contributed by atoms with van der Waals surface area (Å²) < 4.78 is 1.97. The number of aliphatic imine (C=N–C) groups is 2. The van der Waals surface area contributed by atoms with Gasteiger partial charge in [0.15, 0.2) is 0 Å². The minimum Gasteiger partial charge on any atom is -0.306 e. The molecule has 0 aliphatic heterocycles. The van der Waals surface area contributed by atoms with E-state index in [1.807, 2.05) is 72.5 Å². The van der Waals surface area contributed by atoms with Gasteiger partial charge in [0.2, 0.25) is 0 Å². The Morgan fingerprint density at radius 3 is 2.46 bits per heavy atom. The van der Waals surface area contributed by atoms with Crippen molar-refractivity contribution in [2.75, 3.05) is 0 Å². The van der Waals surface area contributed by atoms with Crippen LogP contribution in [0.25, 0.3) is 11.3 Å². The van der Waals surface area contributed by atoms with Crippen LogP contribution in [0, 0.1) is 0 Å². The molecule has 2 aromatic carbocycles. The summed E-state index contributed by atoms with van der Waals surface area (Å²) in [4.78, 5) is 12.4. The molecule has 4 heteroatoms. The van der Waals surface area contributed by atoms with Crippen molar-refractivity contribution in [2.45, 2.75) is 6.92 Å². The molecule has 0 radical (unpaired) electrons. The highest BCUT2D eigenvalue weighted by molar-refractivity contribution is 5.82. The van der Waals surface area contributed by atoms with E-state index in [2.05, 4.69) is 33.8 Å². The first-order valence-electron chi connectivity index (χ1n) is 8.32. The highest BCUT2D eigenvalue weighted by Crippen LogP contribution is 2.20. The van der Waals surface area contributed by atoms with Gasteiger partial charge in [0.25, 0.3) is 0 Å². The molecule has 3 rings (SSSR count). The number of hydrogen-bond donors (Lipinski definition) is 0. The van der Waals surface area contributed by atoms with E-state index in [0.29, 0.717) is 0 Å². The molecular weight excluding hydrogens is 320 g/mol. The lowest BCUT2D eigenvalue weighted by Crippen LogP contribution is -1.90. The number of hydrogen-bond acceptors (Lipinski definition) is 3. The van der Waals surface area contributed by atoms with Gasteiger partial charge in [-0.15, -0.1) is 0 Å². The lowest BCUT2D eigenvalue weighted by atomic mass is 10.1. The van der Waals surface area contributed by atoms with Crippen LogP contribution in [0.3, 0.4) is 0 Å². The molecule has 1 heterocycles. The SMILES string of the molecule is C=N/C=C\C(=C/C)c1ccc(/N=C/c2ccc(-n3ccnc3)cc2)cc1. The molecule has 0 aliphatic rings. The highest BCUT2D eigenvalue weighted by atomic mass is 15.0. The monoisotopic (exact) mass is 340 g/mol. The number of aromatic nitrogens is 2. The lowest BCUT2D eigenvalue weighted by Gasteiger charge is -2.03. The summed E-state index contributed by atoms with van der Waals surface area (Å²) >= 11 is 0. The first kappa shape index (κ1) is 17.3. The number of allylic oxidation sites excluding steroid dienone is 3. The Bertz CT molecular complexity index is 929. The summed E-state index contributed by atoms with van der Waals surface area (Å²) in [6.45, 7) is 5.46. The fourth-order valence-electron chi connectivity index (χ4n) is 2.53. The number of imidazole rings is 1. The summed E-state index contributed by atoms with van der Waals surface area (Å²) in [6, 6.07) is 16.3. The second-order valence-corrected chi connectivity index (χ2v) is 5.61. The van der Waals surface area contributed by atoms with Crippen molar-refractivity contribution in [3.05, 3.63) is 96.7 Å². The zero-order valence-electron chi connectivity index (χ0n) is 14.7. The number of benzene rings is 2. The van der Waals surface area contributed by atoms with E-state index in [1.165, 1.54) is 0 Å². The van der Waals surface area contributed by atoms with Gasteiger partial charge in [0, 0.05) is 30.5 Å². The van der Waals surface area contributed by atoms with E-state index < -0.39 is 0 Å². The Morgan fingerprint density at radius 1 is 1.08 bits per heavy atom. The molecule has 0 spiro atoms. The number of nitrogens with zero attached hydrogens (tertiary/aromatic N) is 4. The fraction of sp³-hybridized carbons (Fsp3) is 0.0455. The molecule has 0 atom stereocenters. The Balaban J connectivity index is 1.70. The Morgan fingerprint density at radius 2 is 1.85 bits per heavy atom. The van der Waals surface area contributed by atoms with Crippen LogP contribution in [0.2, 0.25) is 0 Å². The molecule has 4 nitrogen and oxygen atoms in total. The van der Waals surface area contributed by atoms with Crippen LogP contribution in [-0.4, -0.2) is 22.5 Å². The van der Waals surface area contributed by atoms with Gasteiger partial charge in [-0.3, -0.25) is 9.98 Å². The van der Waals surface area contributed by atoms with E-state index in [0.717, 1.165) is 28.1 Å². The van der Waals surface area contributed by atoms with Crippen molar-refractivity contribution in [1.29, 1.82) is 0 Å². The van der Waals surface area contributed by atoms with Crippen LogP contribution in [-0.2, 0) is 0 Å². The smallest absolute Gasteiger partial charge is 0.0991 e. The standard InChI is InChI=1S/C22H20N4/c1-3-19(12-13-23-2)20-6-8-21(9-7-20)25-16-18-4-10-22(11-5-18)26-15-14-24-17-26/h3-17H,2H2,1H3/b13-12-,19-3+,25-16+. The van der Waals surface area contributed by atoms with Gasteiger partial charge < -0.3 is 4.57 Å². The molecule has 3 aromatic rings.